The van der Waals surface area contributed by atoms with Crippen molar-refractivity contribution < 1.29 is 5.11 Å². The number of rotatable bonds is 6. The largest absolute Gasteiger partial charge is 0.387 e. The summed E-state index contributed by atoms with van der Waals surface area (Å²) in [7, 11) is 2.06. The van der Waals surface area contributed by atoms with Gasteiger partial charge < -0.3 is 5.11 Å². The SMILES string of the molecule is CC(C(O)c1ccccc1)N(C)Cc1ccc(-c2ccccc2)cc1. The van der Waals surface area contributed by atoms with Crippen molar-refractivity contribution in [1.82, 2.24) is 4.90 Å². The molecular weight excluding hydrogens is 306 g/mol. The number of hydrogen-bond acceptors (Lipinski definition) is 2. The van der Waals surface area contributed by atoms with Crippen LogP contribution in [0.15, 0.2) is 84.9 Å². The van der Waals surface area contributed by atoms with Crippen molar-refractivity contribution in [3.05, 3.63) is 96.1 Å². The van der Waals surface area contributed by atoms with Crippen LogP contribution in [0.2, 0.25) is 0 Å². The van der Waals surface area contributed by atoms with Crippen LogP contribution in [0.4, 0.5) is 0 Å². The van der Waals surface area contributed by atoms with Crippen LogP contribution in [-0.2, 0) is 6.54 Å². The van der Waals surface area contributed by atoms with E-state index in [0.29, 0.717) is 0 Å². The first kappa shape index (κ1) is 17.4. The molecule has 25 heavy (non-hydrogen) atoms. The van der Waals surface area contributed by atoms with Crippen LogP contribution < -0.4 is 0 Å². The molecule has 0 spiro atoms. The molecule has 0 radical (unpaired) electrons. The van der Waals surface area contributed by atoms with E-state index in [1.54, 1.807) is 0 Å². The zero-order chi connectivity index (χ0) is 17.6. The number of benzene rings is 3. The summed E-state index contributed by atoms with van der Waals surface area (Å²) in [4.78, 5) is 2.19. The Morgan fingerprint density at radius 2 is 1.28 bits per heavy atom. The highest BCUT2D eigenvalue weighted by Gasteiger charge is 2.20. The minimum absolute atomic E-state index is 0.0381. The van der Waals surface area contributed by atoms with Gasteiger partial charge in [-0.25, -0.2) is 0 Å². The van der Waals surface area contributed by atoms with Gasteiger partial charge in [0.15, 0.2) is 0 Å². The van der Waals surface area contributed by atoms with E-state index >= 15 is 0 Å². The van der Waals surface area contributed by atoms with Gasteiger partial charge in [0, 0.05) is 12.6 Å². The van der Waals surface area contributed by atoms with Crippen LogP contribution in [-0.4, -0.2) is 23.1 Å². The lowest BCUT2D eigenvalue weighted by Gasteiger charge is -2.29. The Hall–Kier alpha value is -2.42. The number of aliphatic hydroxyl groups excluding tert-OH is 1. The number of aliphatic hydroxyl groups is 1. The summed E-state index contributed by atoms with van der Waals surface area (Å²) >= 11 is 0. The normalized spacial score (nSPS) is 13.6. The quantitative estimate of drug-likeness (QED) is 0.694. The summed E-state index contributed by atoms with van der Waals surface area (Å²) in [6, 6.07) is 29.0. The maximum absolute atomic E-state index is 10.6. The van der Waals surface area contributed by atoms with Gasteiger partial charge in [-0.05, 0) is 36.2 Å². The number of hydrogen-bond donors (Lipinski definition) is 1. The van der Waals surface area contributed by atoms with Gasteiger partial charge in [0.2, 0.25) is 0 Å². The summed E-state index contributed by atoms with van der Waals surface area (Å²) in [6.45, 7) is 2.87. The van der Waals surface area contributed by atoms with E-state index in [0.717, 1.165) is 12.1 Å². The summed E-state index contributed by atoms with van der Waals surface area (Å²) in [5.74, 6) is 0. The first-order chi connectivity index (χ1) is 12.1. The van der Waals surface area contributed by atoms with E-state index in [-0.39, 0.29) is 6.04 Å². The second-order valence-electron chi connectivity index (χ2n) is 6.57. The molecule has 0 saturated carbocycles. The smallest absolute Gasteiger partial charge is 0.0942 e. The molecule has 0 amide bonds. The Bertz CT molecular complexity index is 768. The lowest BCUT2D eigenvalue weighted by Crippen LogP contribution is -2.33. The fourth-order valence-electron chi connectivity index (χ4n) is 3.03. The van der Waals surface area contributed by atoms with Crippen LogP contribution in [0, 0.1) is 0 Å². The van der Waals surface area contributed by atoms with Crippen molar-refractivity contribution in [2.45, 2.75) is 25.6 Å². The van der Waals surface area contributed by atoms with Gasteiger partial charge in [0.1, 0.15) is 0 Å². The summed E-state index contributed by atoms with van der Waals surface area (Å²) in [6.07, 6.45) is -0.491. The second kappa shape index (κ2) is 8.11. The highest BCUT2D eigenvalue weighted by molar-refractivity contribution is 5.63. The topological polar surface area (TPSA) is 23.5 Å². The van der Waals surface area contributed by atoms with E-state index in [4.69, 9.17) is 0 Å². The van der Waals surface area contributed by atoms with Gasteiger partial charge in [-0.1, -0.05) is 84.9 Å². The predicted octanol–water partition coefficient (Wildman–Crippen LogP) is 4.91. The molecular formula is C23H25NO. The third-order valence-electron chi connectivity index (χ3n) is 4.79. The molecule has 0 aromatic heterocycles. The third kappa shape index (κ3) is 4.36. The molecule has 2 nitrogen and oxygen atoms in total. The molecule has 0 saturated heterocycles. The van der Waals surface area contributed by atoms with Crippen LogP contribution in [0.3, 0.4) is 0 Å². The number of likely N-dealkylation sites (N-methyl/N-ethyl adjacent to an activating group) is 1. The van der Waals surface area contributed by atoms with Crippen LogP contribution in [0.5, 0.6) is 0 Å². The second-order valence-corrected chi connectivity index (χ2v) is 6.57. The Morgan fingerprint density at radius 3 is 1.88 bits per heavy atom. The van der Waals surface area contributed by atoms with Gasteiger partial charge in [-0.2, -0.15) is 0 Å². The molecule has 3 rings (SSSR count). The van der Waals surface area contributed by atoms with Gasteiger partial charge in [-0.15, -0.1) is 0 Å². The Balaban J connectivity index is 1.65. The van der Waals surface area contributed by atoms with Crippen LogP contribution in [0.1, 0.15) is 24.2 Å². The molecule has 0 aliphatic rings. The molecule has 1 N–H and O–H groups in total. The zero-order valence-corrected chi connectivity index (χ0v) is 14.8. The van der Waals surface area contributed by atoms with Gasteiger partial charge in [0.05, 0.1) is 6.10 Å². The van der Waals surface area contributed by atoms with E-state index < -0.39 is 6.10 Å². The molecule has 0 aliphatic heterocycles. The van der Waals surface area contributed by atoms with Crippen LogP contribution in [0.25, 0.3) is 11.1 Å². The molecule has 3 aromatic carbocycles. The Morgan fingerprint density at radius 1 is 0.760 bits per heavy atom. The molecule has 0 aliphatic carbocycles. The van der Waals surface area contributed by atoms with E-state index in [9.17, 15) is 5.11 Å². The van der Waals surface area contributed by atoms with Gasteiger partial charge in [0.25, 0.3) is 0 Å². The Labute approximate surface area is 150 Å². The first-order valence-electron chi connectivity index (χ1n) is 8.73. The van der Waals surface area contributed by atoms with Crippen molar-refractivity contribution in [2.75, 3.05) is 7.05 Å². The maximum Gasteiger partial charge on any atom is 0.0942 e. The lowest BCUT2D eigenvalue weighted by molar-refractivity contribution is 0.0688. The fraction of sp³-hybridized carbons (Fsp3) is 0.217. The van der Waals surface area contributed by atoms with Gasteiger partial charge in [-0.3, -0.25) is 4.90 Å². The highest BCUT2D eigenvalue weighted by Crippen LogP contribution is 2.23. The molecule has 0 fully saturated rings. The van der Waals surface area contributed by atoms with Crippen molar-refractivity contribution >= 4 is 0 Å². The highest BCUT2D eigenvalue weighted by atomic mass is 16.3. The molecule has 0 heterocycles. The molecule has 2 unspecified atom stereocenters. The van der Waals surface area contributed by atoms with Gasteiger partial charge >= 0.3 is 0 Å². The Kier molecular flexibility index (Phi) is 5.64. The minimum atomic E-state index is -0.491. The molecule has 128 valence electrons. The summed E-state index contributed by atoms with van der Waals surface area (Å²) < 4.78 is 0. The number of nitrogens with zero attached hydrogens (tertiary/aromatic N) is 1. The van der Waals surface area contributed by atoms with E-state index in [1.165, 1.54) is 16.7 Å². The predicted molar refractivity (Wildman–Crippen MR) is 104 cm³/mol. The average molecular weight is 331 g/mol. The van der Waals surface area contributed by atoms with E-state index in [1.807, 2.05) is 36.4 Å². The fourth-order valence-corrected chi connectivity index (χ4v) is 3.03. The van der Waals surface area contributed by atoms with Crippen molar-refractivity contribution in [1.29, 1.82) is 0 Å². The monoisotopic (exact) mass is 331 g/mol. The average Bonchev–Trinajstić information content (AvgIpc) is 2.68. The minimum Gasteiger partial charge on any atom is -0.387 e. The summed E-state index contributed by atoms with van der Waals surface area (Å²) in [5, 5.41) is 10.6. The molecule has 3 aromatic rings. The van der Waals surface area contributed by atoms with Crippen molar-refractivity contribution in [2.24, 2.45) is 0 Å². The lowest BCUT2D eigenvalue weighted by atomic mass is 10.0. The molecule has 2 atom stereocenters. The van der Waals surface area contributed by atoms with E-state index in [2.05, 4.69) is 67.4 Å². The van der Waals surface area contributed by atoms with Crippen LogP contribution >= 0.6 is 0 Å². The van der Waals surface area contributed by atoms with Crippen molar-refractivity contribution in [3.8, 4) is 11.1 Å². The van der Waals surface area contributed by atoms with Crippen molar-refractivity contribution in [3.63, 3.8) is 0 Å². The molecule has 0 bridgehead atoms. The maximum atomic E-state index is 10.6. The standard InChI is InChI=1S/C23H25NO/c1-18(23(25)22-11-7-4-8-12-22)24(2)17-19-13-15-21(16-14-19)20-9-5-3-6-10-20/h3-16,18,23,25H,17H2,1-2H3. The molecule has 2 heteroatoms. The third-order valence-corrected chi connectivity index (χ3v) is 4.79. The summed E-state index contributed by atoms with van der Waals surface area (Å²) in [5.41, 5.74) is 4.66. The zero-order valence-electron chi connectivity index (χ0n) is 14.8. The first-order valence-corrected chi connectivity index (χ1v) is 8.73.